The highest BCUT2D eigenvalue weighted by molar-refractivity contribution is 6.03. The van der Waals surface area contributed by atoms with Crippen molar-refractivity contribution in [3.05, 3.63) is 132 Å². The van der Waals surface area contributed by atoms with E-state index in [-0.39, 0.29) is 5.41 Å². The number of benzene rings is 3. The summed E-state index contributed by atoms with van der Waals surface area (Å²) in [7, 11) is 0. The highest BCUT2D eigenvalue weighted by Gasteiger charge is 2.43. The maximum Gasteiger partial charge on any atom is 0.209 e. The van der Waals surface area contributed by atoms with Crippen LogP contribution in [0.5, 0.6) is 0 Å². The van der Waals surface area contributed by atoms with Crippen LogP contribution in [-0.4, -0.2) is 16.8 Å². The molecule has 3 aromatic rings. The molecule has 2 aliphatic rings. The summed E-state index contributed by atoms with van der Waals surface area (Å²) in [6.07, 6.45) is 14.1. The summed E-state index contributed by atoms with van der Waals surface area (Å²) in [6, 6.07) is 28.2. The molecule has 2 heterocycles. The molecule has 2 heteroatoms. The van der Waals surface area contributed by atoms with Crippen LogP contribution in [-0.2, 0) is 18.3 Å². The van der Waals surface area contributed by atoms with E-state index in [9.17, 15) is 0 Å². The Balaban J connectivity index is 1.32. The van der Waals surface area contributed by atoms with E-state index in [4.69, 9.17) is 0 Å². The summed E-state index contributed by atoms with van der Waals surface area (Å²) in [6.45, 7) is 5.70. The molecular formula is C32H33N2+. The normalized spacial score (nSPS) is 17.5. The molecule has 0 bridgehead atoms. The quantitative estimate of drug-likeness (QED) is 0.296. The van der Waals surface area contributed by atoms with Crippen LogP contribution in [0, 0.1) is 0 Å². The number of anilines is 1. The third-order valence-corrected chi connectivity index (χ3v) is 6.96. The van der Waals surface area contributed by atoms with Gasteiger partial charge >= 0.3 is 0 Å². The van der Waals surface area contributed by atoms with Gasteiger partial charge in [0.2, 0.25) is 5.69 Å². The Morgan fingerprint density at radius 2 is 1.62 bits per heavy atom. The van der Waals surface area contributed by atoms with E-state index in [2.05, 4.69) is 133 Å². The van der Waals surface area contributed by atoms with Crippen LogP contribution < -0.4 is 5.32 Å². The minimum atomic E-state index is -0.0131. The minimum Gasteiger partial charge on any atom is -0.358 e. The van der Waals surface area contributed by atoms with Gasteiger partial charge in [0.1, 0.15) is 6.54 Å². The number of hydrogen-bond donors (Lipinski definition) is 1. The van der Waals surface area contributed by atoms with Gasteiger partial charge in [0.15, 0.2) is 5.71 Å². The summed E-state index contributed by atoms with van der Waals surface area (Å²) < 4.78 is 2.52. The van der Waals surface area contributed by atoms with E-state index in [1.54, 1.807) is 0 Å². The molecule has 0 unspecified atom stereocenters. The maximum atomic E-state index is 3.51. The molecule has 170 valence electrons. The monoisotopic (exact) mass is 445 g/mol. The summed E-state index contributed by atoms with van der Waals surface area (Å²) >= 11 is 0. The SMILES string of the molecule is CC1(C)C(C=CC=CC=C2Cc3ccccc3N2)=[N+](CCCc2ccccc2)c2ccccc21. The first-order valence-electron chi connectivity index (χ1n) is 12.3. The molecular weight excluding hydrogens is 412 g/mol. The Bertz CT molecular complexity index is 1260. The van der Waals surface area contributed by atoms with Crippen LogP contribution in [0.4, 0.5) is 11.4 Å². The average Bonchev–Trinajstić information content (AvgIpc) is 3.36. The van der Waals surface area contributed by atoms with Crippen LogP contribution in [0.15, 0.2) is 115 Å². The van der Waals surface area contributed by atoms with Gasteiger partial charge < -0.3 is 5.32 Å². The van der Waals surface area contributed by atoms with Crippen molar-refractivity contribution in [1.29, 1.82) is 0 Å². The lowest BCUT2D eigenvalue weighted by atomic mass is 9.81. The zero-order valence-electron chi connectivity index (χ0n) is 20.2. The molecule has 2 nitrogen and oxygen atoms in total. The van der Waals surface area contributed by atoms with E-state index in [0.29, 0.717) is 0 Å². The first-order chi connectivity index (χ1) is 16.6. The van der Waals surface area contributed by atoms with Gasteiger partial charge in [0, 0.05) is 41.9 Å². The molecule has 0 saturated carbocycles. The van der Waals surface area contributed by atoms with E-state index in [0.717, 1.165) is 25.8 Å². The summed E-state index contributed by atoms with van der Waals surface area (Å²) in [5.41, 5.74) is 9.35. The highest BCUT2D eigenvalue weighted by atomic mass is 15.1. The van der Waals surface area contributed by atoms with Crippen molar-refractivity contribution in [3.63, 3.8) is 0 Å². The number of fused-ring (bicyclic) bond motifs is 2. The van der Waals surface area contributed by atoms with Crippen LogP contribution in [0.1, 0.15) is 37.0 Å². The molecule has 0 aromatic heterocycles. The molecule has 0 atom stereocenters. The van der Waals surface area contributed by atoms with Crippen LogP contribution in [0.3, 0.4) is 0 Å². The van der Waals surface area contributed by atoms with Crippen molar-refractivity contribution < 1.29 is 4.58 Å². The largest absolute Gasteiger partial charge is 0.358 e. The van der Waals surface area contributed by atoms with Gasteiger partial charge in [-0.1, -0.05) is 85.0 Å². The van der Waals surface area contributed by atoms with Gasteiger partial charge in [0.05, 0.1) is 5.41 Å². The first kappa shape index (κ1) is 22.2. The number of nitrogens with one attached hydrogen (secondary N) is 1. The molecule has 5 rings (SSSR count). The molecule has 1 N–H and O–H groups in total. The van der Waals surface area contributed by atoms with Crippen molar-refractivity contribution in [2.24, 2.45) is 0 Å². The van der Waals surface area contributed by atoms with Crippen molar-refractivity contribution in [2.45, 2.75) is 38.5 Å². The Kier molecular flexibility index (Phi) is 6.31. The average molecular weight is 446 g/mol. The number of nitrogens with zero attached hydrogens (tertiary/aromatic N) is 1. The maximum absolute atomic E-state index is 3.51. The van der Waals surface area contributed by atoms with Crippen molar-refractivity contribution in [3.8, 4) is 0 Å². The number of para-hydroxylation sites is 2. The van der Waals surface area contributed by atoms with Crippen molar-refractivity contribution in [1.82, 2.24) is 0 Å². The van der Waals surface area contributed by atoms with E-state index in [1.807, 2.05) is 0 Å². The minimum absolute atomic E-state index is 0.0131. The summed E-state index contributed by atoms with van der Waals surface area (Å²) in [5.74, 6) is 0. The lowest BCUT2D eigenvalue weighted by Crippen LogP contribution is -2.28. The second-order valence-corrected chi connectivity index (χ2v) is 9.66. The van der Waals surface area contributed by atoms with Crippen LogP contribution >= 0.6 is 0 Å². The molecule has 2 aliphatic heterocycles. The molecule has 0 radical (unpaired) electrons. The van der Waals surface area contributed by atoms with Gasteiger partial charge in [-0.2, -0.15) is 4.58 Å². The topological polar surface area (TPSA) is 15.0 Å². The van der Waals surface area contributed by atoms with Gasteiger partial charge in [0.25, 0.3) is 0 Å². The zero-order chi connectivity index (χ0) is 23.4. The van der Waals surface area contributed by atoms with Crippen molar-refractivity contribution >= 4 is 17.1 Å². The predicted molar refractivity (Wildman–Crippen MR) is 144 cm³/mol. The van der Waals surface area contributed by atoms with E-state index >= 15 is 0 Å². The lowest BCUT2D eigenvalue weighted by Gasteiger charge is -2.15. The molecule has 0 aliphatic carbocycles. The van der Waals surface area contributed by atoms with Gasteiger partial charge in [-0.05, 0) is 43.5 Å². The Hall–Kier alpha value is -3.65. The third-order valence-electron chi connectivity index (χ3n) is 6.96. The van der Waals surface area contributed by atoms with Crippen LogP contribution in [0.25, 0.3) is 0 Å². The van der Waals surface area contributed by atoms with Gasteiger partial charge in [-0.15, -0.1) is 0 Å². The van der Waals surface area contributed by atoms with Gasteiger partial charge in [-0.3, -0.25) is 0 Å². The Morgan fingerprint density at radius 3 is 2.47 bits per heavy atom. The Labute approximate surface area is 203 Å². The van der Waals surface area contributed by atoms with E-state index < -0.39 is 0 Å². The Morgan fingerprint density at radius 1 is 0.853 bits per heavy atom. The molecule has 3 aromatic carbocycles. The predicted octanol–water partition coefficient (Wildman–Crippen LogP) is 7.36. The molecule has 34 heavy (non-hydrogen) atoms. The van der Waals surface area contributed by atoms with Gasteiger partial charge in [-0.25, -0.2) is 0 Å². The number of hydrogen-bond acceptors (Lipinski definition) is 1. The zero-order valence-corrected chi connectivity index (χ0v) is 20.2. The fourth-order valence-electron chi connectivity index (χ4n) is 5.17. The first-order valence-corrected chi connectivity index (χ1v) is 12.3. The molecule has 0 spiro atoms. The highest BCUT2D eigenvalue weighted by Crippen LogP contribution is 2.40. The fourth-order valence-corrected chi connectivity index (χ4v) is 5.17. The number of rotatable bonds is 7. The number of allylic oxidation sites excluding steroid dienone is 6. The molecule has 0 fully saturated rings. The lowest BCUT2D eigenvalue weighted by molar-refractivity contribution is -0.438. The molecule has 0 saturated heterocycles. The third kappa shape index (κ3) is 4.54. The summed E-state index contributed by atoms with van der Waals surface area (Å²) in [5, 5.41) is 3.51. The van der Waals surface area contributed by atoms with Crippen LogP contribution in [0.2, 0.25) is 0 Å². The second kappa shape index (κ2) is 9.69. The summed E-state index contributed by atoms with van der Waals surface area (Å²) in [4.78, 5) is 0. The second-order valence-electron chi connectivity index (χ2n) is 9.66. The standard InChI is InChI=1S/C32H32N2/c1-32(2)28-19-10-12-21-30(28)34(23-13-16-25-14-5-3-6-15-25)31(32)22-8-4-7-18-27-24-26-17-9-11-20-29(26)33-27/h3-12,14-15,17-22H,13,16,23-24H2,1-2H3/p+1. The fraction of sp³-hybridized carbons (Fsp3) is 0.219. The molecule has 0 amide bonds. The smallest absolute Gasteiger partial charge is 0.209 e. The van der Waals surface area contributed by atoms with E-state index in [1.165, 1.54) is 39.5 Å². The number of aryl methyl sites for hydroxylation is 1. The van der Waals surface area contributed by atoms with Crippen molar-refractivity contribution in [2.75, 3.05) is 11.9 Å².